The number of nitrogens with zero attached hydrogens (tertiary/aromatic N) is 1. The van der Waals surface area contributed by atoms with Gasteiger partial charge >= 0.3 is 0 Å². The Balaban J connectivity index is 0. The van der Waals surface area contributed by atoms with Crippen molar-refractivity contribution in [2.75, 3.05) is 27.7 Å². The lowest BCUT2D eigenvalue weighted by atomic mass is 10.2. The summed E-state index contributed by atoms with van der Waals surface area (Å²) in [6, 6.07) is 0. The highest BCUT2D eigenvalue weighted by molar-refractivity contribution is 6.55. The van der Waals surface area contributed by atoms with Gasteiger partial charge < -0.3 is 9.64 Å². The number of carbonyl (C=O) groups excluding carboxylic acids is 1. The van der Waals surface area contributed by atoms with Crippen molar-refractivity contribution in [1.82, 2.24) is 4.90 Å². The highest BCUT2D eigenvalue weighted by atomic mass is 16.5. The van der Waals surface area contributed by atoms with Crippen molar-refractivity contribution in [2.45, 2.75) is 6.92 Å². The predicted molar refractivity (Wildman–Crippen MR) is 42.4 cm³/mol. The molecule has 0 aromatic heterocycles. The third-order valence-electron chi connectivity index (χ3n) is 0.287. The van der Waals surface area contributed by atoms with Crippen LogP contribution in [0.15, 0.2) is 0 Å². The lowest BCUT2D eigenvalue weighted by Gasteiger charge is -1.90. The van der Waals surface area contributed by atoms with E-state index in [0.717, 1.165) is 0 Å². The van der Waals surface area contributed by atoms with Crippen molar-refractivity contribution in [1.29, 1.82) is 0 Å². The largest absolute Gasteiger partial charge is 0.475 e. The molecule has 4 heteroatoms. The molecule has 0 saturated heterocycles. The smallest absolute Gasteiger partial charge is 0.235 e. The van der Waals surface area contributed by atoms with Crippen molar-refractivity contribution < 1.29 is 9.53 Å². The summed E-state index contributed by atoms with van der Waals surface area (Å²) < 4.78 is 4.18. The molecule has 0 bridgehead atoms. The minimum absolute atomic E-state index is 0.356. The summed E-state index contributed by atoms with van der Waals surface area (Å²) in [6.45, 7) is 2.06. The number of ether oxygens (including phenoxy) is 1. The van der Waals surface area contributed by atoms with Crippen LogP contribution in [-0.2, 0) is 4.74 Å². The molecule has 0 atom stereocenters. The van der Waals surface area contributed by atoms with Crippen LogP contribution in [0.1, 0.15) is 6.92 Å². The standard InChI is InChI=1S/C3H5BO2.C3H9N/c1-2-6-3(4)5;1-4(2)3/h2H2,1H3;1-3H3. The molecule has 0 heterocycles. The maximum atomic E-state index is 9.60. The average Bonchev–Trinajstić information content (AvgIpc) is 1.62. The molecule has 58 valence electrons. The summed E-state index contributed by atoms with van der Waals surface area (Å²) in [6.07, 6.45) is 0. The molecule has 2 radical (unpaired) electrons. The zero-order valence-electron chi connectivity index (χ0n) is 7.05. The average molecular weight is 143 g/mol. The zero-order chi connectivity index (χ0) is 8.57. The summed E-state index contributed by atoms with van der Waals surface area (Å²) in [7, 11) is 10.5. The Hall–Kier alpha value is -0.505. The van der Waals surface area contributed by atoms with Crippen LogP contribution in [0, 0.1) is 0 Å². The Morgan fingerprint density at radius 2 is 1.80 bits per heavy atom. The molecule has 0 rings (SSSR count). The summed E-state index contributed by atoms with van der Waals surface area (Å²) in [5.74, 6) is -0.711. The van der Waals surface area contributed by atoms with Crippen LogP contribution in [0.5, 0.6) is 0 Å². The Morgan fingerprint density at radius 3 is 1.80 bits per heavy atom. The Bertz CT molecular complexity index is 83.1. The topological polar surface area (TPSA) is 29.5 Å². The summed E-state index contributed by atoms with van der Waals surface area (Å²) >= 11 is 0. The Kier molecular flexibility index (Phi) is 10.4. The number of carbonyl (C=O) groups is 1. The van der Waals surface area contributed by atoms with Crippen LogP contribution < -0.4 is 0 Å². The second-order valence-electron chi connectivity index (χ2n) is 2.09. The van der Waals surface area contributed by atoms with E-state index >= 15 is 0 Å². The van der Waals surface area contributed by atoms with Gasteiger partial charge in [-0.25, -0.2) is 0 Å². The van der Waals surface area contributed by atoms with E-state index in [-0.39, 0.29) is 0 Å². The van der Waals surface area contributed by atoms with Gasteiger partial charge in [-0.3, -0.25) is 4.79 Å². The minimum Gasteiger partial charge on any atom is -0.475 e. The molecule has 0 unspecified atom stereocenters. The monoisotopic (exact) mass is 143 g/mol. The second kappa shape index (κ2) is 8.49. The van der Waals surface area contributed by atoms with E-state index in [0.29, 0.717) is 6.61 Å². The molecule has 3 nitrogen and oxygen atoms in total. The van der Waals surface area contributed by atoms with Gasteiger partial charge in [0.2, 0.25) is 13.7 Å². The van der Waals surface area contributed by atoms with Crippen LogP contribution in [0.4, 0.5) is 4.79 Å². The maximum absolute atomic E-state index is 9.60. The van der Waals surface area contributed by atoms with E-state index in [2.05, 4.69) is 12.6 Å². The van der Waals surface area contributed by atoms with Crippen molar-refractivity contribution in [3.05, 3.63) is 0 Å². The van der Waals surface area contributed by atoms with Crippen LogP contribution >= 0.6 is 0 Å². The predicted octanol–water partition coefficient (Wildman–Crippen LogP) is 0.489. The van der Waals surface area contributed by atoms with E-state index in [4.69, 9.17) is 0 Å². The van der Waals surface area contributed by atoms with Crippen molar-refractivity contribution >= 4 is 13.7 Å². The molecule has 0 aromatic rings. The third kappa shape index (κ3) is 50.8. The summed E-state index contributed by atoms with van der Waals surface area (Å²) in [5.41, 5.74) is 0. The molecule has 0 aliphatic heterocycles. The first kappa shape index (κ1) is 12.2. The molecule has 0 amide bonds. The molecular weight excluding hydrogens is 129 g/mol. The quantitative estimate of drug-likeness (QED) is 0.500. The molecule has 0 aromatic carbocycles. The highest BCUT2D eigenvalue weighted by Crippen LogP contribution is 1.69. The van der Waals surface area contributed by atoms with Gasteiger partial charge in [0.1, 0.15) is 0 Å². The summed E-state index contributed by atoms with van der Waals surface area (Å²) in [4.78, 5) is 11.6. The first-order chi connectivity index (χ1) is 4.50. The van der Waals surface area contributed by atoms with Gasteiger partial charge in [-0.15, -0.1) is 0 Å². The fourth-order valence-electron chi connectivity index (χ4n) is 0.142. The van der Waals surface area contributed by atoms with Crippen LogP contribution in [0.2, 0.25) is 0 Å². The lowest BCUT2D eigenvalue weighted by Crippen LogP contribution is -1.99. The van der Waals surface area contributed by atoms with Crippen molar-refractivity contribution in [3.8, 4) is 0 Å². The summed E-state index contributed by atoms with van der Waals surface area (Å²) in [5, 5.41) is 0. The molecule has 0 aliphatic carbocycles. The molecule has 0 fully saturated rings. The van der Waals surface area contributed by atoms with Crippen LogP contribution in [0.3, 0.4) is 0 Å². The molecule has 0 saturated carbocycles. The normalized spacial score (nSPS) is 8.10. The van der Waals surface area contributed by atoms with Crippen LogP contribution in [-0.4, -0.2) is 46.4 Å². The Morgan fingerprint density at radius 1 is 1.50 bits per heavy atom. The Labute approximate surface area is 63.8 Å². The number of hydrogen-bond acceptors (Lipinski definition) is 3. The van der Waals surface area contributed by atoms with Gasteiger partial charge in [0, 0.05) is 0 Å². The van der Waals surface area contributed by atoms with Gasteiger partial charge in [0.25, 0.3) is 0 Å². The van der Waals surface area contributed by atoms with E-state index in [1.165, 1.54) is 0 Å². The first-order valence-electron chi connectivity index (χ1n) is 3.03. The van der Waals surface area contributed by atoms with Gasteiger partial charge in [-0.1, -0.05) is 0 Å². The minimum atomic E-state index is -0.711. The molecule has 0 aliphatic rings. The van der Waals surface area contributed by atoms with E-state index < -0.39 is 5.87 Å². The SMILES string of the molecule is CN(C)C.[B]C(=O)OCC. The van der Waals surface area contributed by atoms with E-state index in [1.54, 1.807) is 6.92 Å². The molecular formula is C6H14BNO2. The second-order valence-corrected chi connectivity index (χ2v) is 2.09. The fraction of sp³-hybridized carbons (Fsp3) is 0.833. The van der Waals surface area contributed by atoms with Crippen molar-refractivity contribution in [3.63, 3.8) is 0 Å². The molecule has 0 spiro atoms. The maximum Gasteiger partial charge on any atom is 0.235 e. The highest BCUT2D eigenvalue weighted by Gasteiger charge is 1.81. The van der Waals surface area contributed by atoms with Gasteiger partial charge in [-0.05, 0) is 28.1 Å². The number of rotatable bonds is 1. The van der Waals surface area contributed by atoms with Gasteiger partial charge in [-0.2, -0.15) is 0 Å². The third-order valence-corrected chi connectivity index (χ3v) is 0.287. The van der Waals surface area contributed by atoms with E-state index in [9.17, 15) is 4.79 Å². The van der Waals surface area contributed by atoms with Gasteiger partial charge in [0.05, 0.1) is 6.61 Å². The van der Waals surface area contributed by atoms with E-state index in [1.807, 2.05) is 26.0 Å². The van der Waals surface area contributed by atoms with Crippen LogP contribution in [0.25, 0.3) is 0 Å². The van der Waals surface area contributed by atoms with Crippen molar-refractivity contribution in [2.24, 2.45) is 0 Å². The lowest BCUT2D eigenvalue weighted by molar-refractivity contribution is 0.179. The zero-order valence-corrected chi connectivity index (χ0v) is 7.05. The fourth-order valence-corrected chi connectivity index (χ4v) is 0.142. The van der Waals surface area contributed by atoms with Gasteiger partial charge in [0.15, 0.2) is 0 Å². The molecule has 0 N–H and O–H groups in total. The first-order valence-corrected chi connectivity index (χ1v) is 3.03. The number of hydrogen-bond donors (Lipinski definition) is 0. The molecule has 10 heavy (non-hydrogen) atoms.